The summed E-state index contributed by atoms with van der Waals surface area (Å²) in [5.41, 5.74) is 7.35. The van der Waals surface area contributed by atoms with E-state index in [4.69, 9.17) is 4.42 Å². The number of hydrogen-bond acceptors (Lipinski definition) is 3. The Morgan fingerprint density at radius 2 is 1.88 bits per heavy atom. The fourth-order valence-corrected chi connectivity index (χ4v) is 5.34. The van der Waals surface area contributed by atoms with Crippen LogP contribution in [0.15, 0.2) is 65.1 Å². The molecule has 6 rings (SSSR count). The van der Waals surface area contributed by atoms with E-state index in [2.05, 4.69) is 66.1 Å². The van der Waals surface area contributed by atoms with Crippen molar-refractivity contribution in [3.63, 3.8) is 0 Å². The van der Waals surface area contributed by atoms with E-state index >= 15 is 0 Å². The number of benzene rings is 3. The van der Waals surface area contributed by atoms with Gasteiger partial charge in [0.15, 0.2) is 0 Å². The highest BCUT2D eigenvalue weighted by Gasteiger charge is 2.28. The molecule has 0 bridgehead atoms. The van der Waals surface area contributed by atoms with Gasteiger partial charge in [-0.15, -0.1) is 0 Å². The molecule has 0 radical (unpaired) electrons. The number of rotatable bonds is 4. The Morgan fingerprint density at radius 1 is 1.00 bits per heavy atom. The minimum atomic E-state index is -0.115. The average Bonchev–Trinajstić information content (AvgIpc) is 3.45. The quantitative estimate of drug-likeness (QED) is 0.387. The second-order valence-corrected chi connectivity index (χ2v) is 9.10. The zero-order valence-corrected chi connectivity index (χ0v) is 18.2. The van der Waals surface area contributed by atoms with E-state index < -0.39 is 0 Å². The van der Waals surface area contributed by atoms with Crippen LogP contribution in [-0.2, 0) is 19.5 Å². The Kier molecular flexibility index (Phi) is 4.85. The molecule has 2 aliphatic rings. The highest BCUT2D eigenvalue weighted by Crippen LogP contribution is 2.40. The van der Waals surface area contributed by atoms with Gasteiger partial charge in [0.05, 0.1) is 6.04 Å². The lowest BCUT2D eigenvalue weighted by molar-refractivity contribution is 0.353. The number of nitrogens with one attached hydrogen (secondary N) is 2. The topological polar surface area (TPSA) is 37.2 Å². The molecule has 3 nitrogen and oxygen atoms in total. The van der Waals surface area contributed by atoms with Crippen molar-refractivity contribution in [1.29, 1.82) is 0 Å². The second-order valence-electron chi connectivity index (χ2n) is 9.10. The van der Waals surface area contributed by atoms with Gasteiger partial charge in [-0.2, -0.15) is 0 Å². The van der Waals surface area contributed by atoms with Crippen molar-refractivity contribution < 1.29 is 8.81 Å². The van der Waals surface area contributed by atoms with E-state index in [1.54, 1.807) is 6.07 Å². The van der Waals surface area contributed by atoms with Crippen LogP contribution in [0.1, 0.15) is 59.9 Å². The third-order valence-electron chi connectivity index (χ3n) is 7.05. The van der Waals surface area contributed by atoms with Crippen molar-refractivity contribution in [3.8, 4) is 11.1 Å². The van der Waals surface area contributed by atoms with Crippen molar-refractivity contribution in [2.24, 2.45) is 0 Å². The van der Waals surface area contributed by atoms with Gasteiger partial charge in [0.25, 0.3) is 0 Å². The van der Waals surface area contributed by atoms with Gasteiger partial charge < -0.3 is 15.1 Å². The highest BCUT2D eigenvalue weighted by atomic mass is 19.1. The fourth-order valence-electron chi connectivity index (χ4n) is 5.34. The van der Waals surface area contributed by atoms with E-state index in [-0.39, 0.29) is 17.9 Å². The molecule has 3 aromatic carbocycles. The summed E-state index contributed by atoms with van der Waals surface area (Å²) in [5.74, 6) is 0.950. The molecule has 4 heteroatoms. The maximum absolute atomic E-state index is 14.6. The van der Waals surface area contributed by atoms with Crippen LogP contribution in [0.4, 0.5) is 4.39 Å². The Labute approximate surface area is 187 Å². The summed E-state index contributed by atoms with van der Waals surface area (Å²) in [6, 6.07) is 21.1. The normalized spacial score (nSPS) is 18.5. The molecule has 1 unspecified atom stereocenters. The molecule has 162 valence electrons. The standard InChI is InChI=1S/C28H27FN2O/c1-17(18-6-3-2-4-7-18)31-26-9-5-8-22-23-13-19(10-11-27(23)32-28(22)26)20-12-21-15-30-16-24(21)25(29)14-20/h2-4,6-7,10-14,17,26,30-31H,5,8-9,15-16H2,1H3/t17-,26?/m1/s1. The molecule has 0 fully saturated rings. The summed E-state index contributed by atoms with van der Waals surface area (Å²) < 4.78 is 21.0. The smallest absolute Gasteiger partial charge is 0.134 e. The summed E-state index contributed by atoms with van der Waals surface area (Å²) >= 11 is 0. The molecule has 2 atom stereocenters. The molecule has 1 aromatic heterocycles. The van der Waals surface area contributed by atoms with Gasteiger partial charge in [-0.1, -0.05) is 36.4 Å². The van der Waals surface area contributed by atoms with Gasteiger partial charge in [-0.3, -0.25) is 0 Å². The zero-order valence-electron chi connectivity index (χ0n) is 18.2. The Morgan fingerprint density at radius 3 is 2.75 bits per heavy atom. The third kappa shape index (κ3) is 3.35. The maximum Gasteiger partial charge on any atom is 0.134 e. The molecule has 0 amide bonds. The number of fused-ring (bicyclic) bond motifs is 4. The molecule has 2 heterocycles. The predicted octanol–water partition coefficient (Wildman–Crippen LogP) is 6.57. The average molecular weight is 427 g/mol. The second kappa shape index (κ2) is 7.88. The van der Waals surface area contributed by atoms with Gasteiger partial charge in [-0.25, -0.2) is 4.39 Å². The van der Waals surface area contributed by atoms with Crippen LogP contribution < -0.4 is 10.6 Å². The van der Waals surface area contributed by atoms with Gasteiger partial charge in [-0.05, 0) is 72.7 Å². The SMILES string of the molecule is C[C@@H](NC1CCCc2c1oc1ccc(-c3cc(F)c4c(c3)CNC4)cc21)c1ccccc1. The van der Waals surface area contributed by atoms with Crippen LogP contribution in [0.5, 0.6) is 0 Å². The largest absolute Gasteiger partial charge is 0.459 e. The first kappa shape index (κ1) is 19.7. The summed E-state index contributed by atoms with van der Waals surface area (Å²) in [5, 5.41) is 8.19. The molecule has 0 spiro atoms. The number of hydrogen-bond donors (Lipinski definition) is 2. The molecule has 0 saturated heterocycles. The lowest BCUT2D eigenvalue weighted by Crippen LogP contribution is -2.27. The zero-order chi connectivity index (χ0) is 21.7. The first-order valence-electron chi connectivity index (χ1n) is 11.6. The van der Waals surface area contributed by atoms with Crippen molar-refractivity contribution in [2.45, 2.75) is 51.4 Å². The minimum absolute atomic E-state index is 0.115. The van der Waals surface area contributed by atoms with Crippen LogP contribution in [-0.4, -0.2) is 0 Å². The first-order valence-corrected chi connectivity index (χ1v) is 11.6. The van der Waals surface area contributed by atoms with Crippen molar-refractivity contribution in [2.75, 3.05) is 0 Å². The predicted molar refractivity (Wildman–Crippen MR) is 126 cm³/mol. The van der Waals surface area contributed by atoms with Gasteiger partial charge >= 0.3 is 0 Å². The lowest BCUT2D eigenvalue weighted by Gasteiger charge is -2.26. The van der Waals surface area contributed by atoms with E-state index in [9.17, 15) is 4.39 Å². The Hall–Kier alpha value is -2.95. The molecule has 2 N–H and O–H groups in total. The summed E-state index contributed by atoms with van der Waals surface area (Å²) in [6.45, 7) is 3.56. The Bertz CT molecular complexity index is 1290. The van der Waals surface area contributed by atoms with Crippen molar-refractivity contribution in [1.82, 2.24) is 10.6 Å². The monoisotopic (exact) mass is 426 g/mol. The summed E-state index contributed by atoms with van der Waals surface area (Å²) in [4.78, 5) is 0. The Balaban J connectivity index is 1.35. The molecule has 4 aromatic rings. The fraction of sp³-hybridized carbons (Fsp3) is 0.286. The van der Waals surface area contributed by atoms with Gasteiger partial charge in [0, 0.05) is 35.6 Å². The lowest BCUT2D eigenvalue weighted by atomic mass is 9.90. The molecule has 1 aliphatic carbocycles. The number of aryl methyl sites for hydroxylation is 1. The van der Waals surface area contributed by atoms with Crippen molar-refractivity contribution >= 4 is 11.0 Å². The van der Waals surface area contributed by atoms with Crippen LogP contribution >= 0.6 is 0 Å². The van der Waals surface area contributed by atoms with E-state index in [0.717, 1.165) is 64.8 Å². The van der Waals surface area contributed by atoms with Gasteiger partial charge in [0.2, 0.25) is 0 Å². The molecule has 1 aliphatic heterocycles. The maximum atomic E-state index is 14.6. The molecular weight excluding hydrogens is 399 g/mol. The van der Waals surface area contributed by atoms with E-state index in [0.29, 0.717) is 6.54 Å². The van der Waals surface area contributed by atoms with Gasteiger partial charge in [0.1, 0.15) is 17.2 Å². The van der Waals surface area contributed by atoms with Crippen LogP contribution in [0, 0.1) is 5.82 Å². The van der Waals surface area contributed by atoms with E-state index in [1.165, 1.54) is 11.1 Å². The van der Waals surface area contributed by atoms with Crippen molar-refractivity contribution in [3.05, 3.63) is 94.5 Å². The molecular formula is C28H27FN2O. The first-order chi connectivity index (χ1) is 15.7. The number of halogens is 1. The highest BCUT2D eigenvalue weighted by molar-refractivity contribution is 5.88. The van der Waals surface area contributed by atoms with E-state index in [1.807, 2.05) is 6.07 Å². The summed E-state index contributed by atoms with van der Waals surface area (Å²) in [7, 11) is 0. The summed E-state index contributed by atoms with van der Waals surface area (Å²) in [6.07, 6.45) is 3.22. The molecule has 32 heavy (non-hydrogen) atoms. The van der Waals surface area contributed by atoms with Crippen LogP contribution in [0.25, 0.3) is 22.1 Å². The minimum Gasteiger partial charge on any atom is -0.459 e. The van der Waals surface area contributed by atoms with Crippen LogP contribution in [0.3, 0.4) is 0 Å². The number of furan rings is 1. The molecule has 0 saturated carbocycles. The van der Waals surface area contributed by atoms with Crippen LogP contribution in [0.2, 0.25) is 0 Å². The third-order valence-corrected chi connectivity index (χ3v) is 7.05.